The van der Waals surface area contributed by atoms with Crippen molar-refractivity contribution in [3.05, 3.63) is 18.0 Å². The second kappa shape index (κ2) is 5.91. The quantitative estimate of drug-likeness (QED) is 0.877. The number of hydrogen-bond acceptors (Lipinski definition) is 3. The molecule has 0 aromatic carbocycles. The maximum Gasteiger partial charge on any atom is 0.105 e. The van der Waals surface area contributed by atoms with Gasteiger partial charge in [0.05, 0.1) is 5.69 Å². The normalized spacial score (nSPS) is 19.1. The van der Waals surface area contributed by atoms with E-state index in [1.807, 2.05) is 22.5 Å². The summed E-state index contributed by atoms with van der Waals surface area (Å²) in [4.78, 5) is 0. The van der Waals surface area contributed by atoms with Crippen molar-refractivity contribution in [1.82, 2.24) is 9.78 Å². The molecular formula is C13H22N2OS. The molecule has 1 saturated carbocycles. The molecular weight excluding hydrogens is 232 g/mol. The fourth-order valence-corrected chi connectivity index (χ4v) is 3.68. The Balaban J connectivity index is 1.89. The molecule has 1 aliphatic rings. The third-order valence-electron chi connectivity index (χ3n) is 3.32. The van der Waals surface area contributed by atoms with Gasteiger partial charge in [0, 0.05) is 23.2 Å². The molecule has 1 aliphatic carbocycles. The fourth-order valence-electron chi connectivity index (χ4n) is 2.39. The third-order valence-corrected chi connectivity index (χ3v) is 4.77. The van der Waals surface area contributed by atoms with Crippen molar-refractivity contribution in [2.45, 2.75) is 56.9 Å². The minimum absolute atomic E-state index is 0.311. The average Bonchev–Trinajstić information content (AvgIpc) is 2.96. The summed E-state index contributed by atoms with van der Waals surface area (Å²) >= 11 is 1.92. The molecule has 4 heteroatoms. The summed E-state index contributed by atoms with van der Waals surface area (Å²) in [6.45, 7) is 4.18. The molecule has 1 aromatic rings. The van der Waals surface area contributed by atoms with E-state index in [9.17, 15) is 5.11 Å². The van der Waals surface area contributed by atoms with E-state index in [1.54, 1.807) is 6.20 Å². The van der Waals surface area contributed by atoms with Crippen molar-refractivity contribution in [2.24, 2.45) is 0 Å². The molecule has 1 atom stereocenters. The molecule has 0 saturated heterocycles. The van der Waals surface area contributed by atoms with Crippen LogP contribution in [0, 0.1) is 0 Å². The molecule has 3 nitrogen and oxygen atoms in total. The van der Waals surface area contributed by atoms with Crippen LogP contribution in [0.3, 0.4) is 0 Å². The summed E-state index contributed by atoms with van der Waals surface area (Å²) in [5.74, 6) is 0.795. The topological polar surface area (TPSA) is 38.0 Å². The number of aromatic nitrogens is 2. The van der Waals surface area contributed by atoms with E-state index in [1.165, 1.54) is 25.7 Å². The van der Waals surface area contributed by atoms with Crippen LogP contribution < -0.4 is 0 Å². The maximum atomic E-state index is 10.2. The molecule has 1 aromatic heterocycles. The number of nitrogens with zero attached hydrogens (tertiary/aromatic N) is 2. The van der Waals surface area contributed by atoms with Crippen molar-refractivity contribution in [3.63, 3.8) is 0 Å². The zero-order valence-electron chi connectivity index (χ0n) is 10.7. The Morgan fingerprint density at radius 3 is 2.82 bits per heavy atom. The van der Waals surface area contributed by atoms with E-state index in [2.05, 4.69) is 18.9 Å². The molecule has 1 fully saturated rings. The number of aliphatic hydroxyl groups excluding tert-OH is 1. The van der Waals surface area contributed by atoms with Gasteiger partial charge in [-0.1, -0.05) is 12.8 Å². The highest BCUT2D eigenvalue weighted by molar-refractivity contribution is 7.99. The van der Waals surface area contributed by atoms with Crippen LogP contribution in [-0.2, 0) is 0 Å². The molecule has 1 unspecified atom stereocenters. The Labute approximate surface area is 108 Å². The van der Waals surface area contributed by atoms with Gasteiger partial charge in [0.25, 0.3) is 0 Å². The van der Waals surface area contributed by atoms with Gasteiger partial charge in [0.2, 0.25) is 0 Å². The number of rotatable bonds is 5. The summed E-state index contributed by atoms with van der Waals surface area (Å²) in [6.07, 6.45) is 6.75. The third kappa shape index (κ3) is 3.26. The molecule has 2 rings (SSSR count). The summed E-state index contributed by atoms with van der Waals surface area (Å²) in [6, 6.07) is 2.24. The lowest BCUT2D eigenvalue weighted by Crippen LogP contribution is -2.13. The number of thioether (sulfide) groups is 1. The fraction of sp³-hybridized carbons (Fsp3) is 0.769. The highest BCUT2D eigenvalue weighted by atomic mass is 32.2. The molecule has 0 bridgehead atoms. The lowest BCUT2D eigenvalue weighted by atomic mass is 10.2. The first-order valence-corrected chi connectivity index (χ1v) is 7.56. The first kappa shape index (κ1) is 13.0. The summed E-state index contributed by atoms with van der Waals surface area (Å²) in [5.41, 5.74) is 0.950. The van der Waals surface area contributed by atoms with Crippen molar-refractivity contribution in [1.29, 1.82) is 0 Å². The second-order valence-corrected chi connectivity index (χ2v) is 6.38. The van der Waals surface area contributed by atoms with Crippen molar-refractivity contribution < 1.29 is 5.11 Å². The zero-order chi connectivity index (χ0) is 12.3. The SMILES string of the molecule is CC(C)n1nccc1C(O)CSC1CCCC1. The molecule has 0 amide bonds. The van der Waals surface area contributed by atoms with E-state index >= 15 is 0 Å². The van der Waals surface area contributed by atoms with Gasteiger partial charge in [-0.3, -0.25) is 4.68 Å². The summed E-state index contributed by atoms with van der Waals surface area (Å²) in [7, 11) is 0. The van der Waals surface area contributed by atoms with Crippen molar-refractivity contribution >= 4 is 11.8 Å². The zero-order valence-corrected chi connectivity index (χ0v) is 11.5. The van der Waals surface area contributed by atoms with Gasteiger partial charge in [-0.15, -0.1) is 0 Å². The van der Waals surface area contributed by atoms with E-state index in [0.717, 1.165) is 16.7 Å². The monoisotopic (exact) mass is 254 g/mol. The molecule has 0 aliphatic heterocycles. The number of aliphatic hydroxyl groups is 1. The predicted molar refractivity (Wildman–Crippen MR) is 72.3 cm³/mol. The first-order chi connectivity index (χ1) is 8.18. The van der Waals surface area contributed by atoms with E-state index in [-0.39, 0.29) is 6.10 Å². The highest BCUT2D eigenvalue weighted by Gasteiger charge is 2.19. The molecule has 96 valence electrons. The van der Waals surface area contributed by atoms with E-state index in [0.29, 0.717) is 6.04 Å². The lowest BCUT2D eigenvalue weighted by molar-refractivity contribution is 0.189. The molecule has 0 radical (unpaired) electrons. The standard InChI is InChI=1S/C13H22N2OS/c1-10(2)15-12(7-8-14-15)13(16)9-17-11-5-3-4-6-11/h7-8,10-11,13,16H,3-6,9H2,1-2H3. The van der Waals surface area contributed by atoms with Gasteiger partial charge in [0.15, 0.2) is 0 Å². The Morgan fingerprint density at radius 1 is 1.47 bits per heavy atom. The minimum Gasteiger partial charge on any atom is -0.386 e. The van der Waals surface area contributed by atoms with Crippen LogP contribution in [0.25, 0.3) is 0 Å². The highest BCUT2D eigenvalue weighted by Crippen LogP contribution is 2.32. The predicted octanol–water partition coefficient (Wildman–Crippen LogP) is 3.17. The van der Waals surface area contributed by atoms with Crippen LogP contribution in [-0.4, -0.2) is 25.9 Å². The van der Waals surface area contributed by atoms with Gasteiger partial charge in [-0.2, -0.15) is 16.9 Å². The maximum absolute atomic E-state index is 10.2. The summed E-state index contributed by atoms with van der Waals surface area (Å²) < 4.78 is 1.92. The van der Waals surface area contributed by atoms with Crippen LogP contribution >= 0.6 is 11.8 Å². The molecule has 1 heterocycles. The van der Waals surface area contributed by atoms with E-state index < -0.39 is 0 Å². The minimum atomic E-state index is -0.384. The lowest BCUT2D eigenvalue weighted by Gasteiger charge is -2.17. The Kier molecular flexibility index (Phi) is 4.51. The van der Waals surface area contributed by atoms with Crippen molar-refractivity contribution in [2.75, 3.05) is 5.75 Å². The van der Waals surface area contributed by atoms with Gasteiger partial charge in [0.1, 0.15) is 6.10 Å². The average molecular weight is 254 g/mol. The smallest absolute Gasteiger partial charge is 0.105 e. The van der Waals surface area contributed by atoms with Gasteiger partial charge in [-0.25, -0.2) is 0 Å². The van der Waals surface area contributed by atoms with Crippen LogP contribution in [0.1, 0.15) is 57.4 Å². The first-order valence-electron chi connectivity index (χ1n) is 6.51. The van der Waals surface area contributed by atoms with Gasteiger partial charge in [-0.05, 0) is 32.8 Å². The number of hydrogen-bond donors (Lipinski definition) is 1. The largest absolute Gasteiger partial charge is 0.386 e. The Bertz CT molecular complexity index is 345. The van der Waals surface area contributed by atoms with Crippen LogP contribution in [0.4, 0.5) is 0 Å². The van der Waals surface area contributed by atoms with Gasteiger partial charge >= 0.3 is 0 Å². The van der Waals surface area contributed by atoms with Gasteiger partial charge < -0.3 is 5.11 Å². The Hall–Kier alpha value is -0.480. The summed E-state index contributed by atoms with van der Waals surface area (Å²) in [5, 5.41) is 15.2. The van der Waals surface area contributed by atoms with Crippen molar-refractivity contribution in [3.8, 4) is 0 Å². The van der Waals surface area contributed by atoms with E-state index in [4.69, 9.17) is 0 Å². The molecule has 0 spiro atoms. The van der Waals surface area contributed by atoms with Crippen LogP contribution in [0.15, 0.2) is 12.3 Å². The van der Waals surface area contributed by atoms with Crippen LogP contribution in [0.5, 0.6) is 0 Å². The molecule has 17 heavy (non-hydrogen) atoms. The van der Waals surface area contributed by atoms with Crippen LogP contribution in [0.2, 0.25) is 0 Å². The second-order valence-electron chi connectivity index (χ2n) is 5.05. The molecule has 1 N–H and O–H groups in total. The Morgan fingerprint density at radius 2 is 2.18 bits per heavy atom.